The lowest BCUT2D eigenvalue weighted by Crippen LogP contribution is -2.37. The van der Waals surface area contributed by atoms with Crippen LogP contribution in [0.2, 0.25) is 0 Å². The van der Waals surface area contributed by atoms with E-state index in [1.54, 1.807) is 20.8 Å². The van der Waals surface area contributed by atoms with Crippen molar-refractivity contribution in [1.29, 1.82) is 0 Å². The third-order valence-corrected chi connectivity index (χ3v) is 2.33. The number of carbonyl (C=O) groups excluding carboxylic acids is 1. The highest BCUT2D eigenvalue weighted by atomic mass is 16.6. The number of hydrogen-bond acceptors (Lipinski definition) is 6. The van der Waals surface area contributed by atoms with E-state index in [1.807, 2.05) is 0 Å². The normalized spacial score (nSPS) is 14.1. The van der Waals surface area contributed by atoms with Gasteiger partial charge < -0.3 is 14.9 Å². The molecular weight excluding hydrogens is 278 g/mol. The van der Waals surface area contributed by atoms with E-state index in [-0.39, 0.29) is 12.4 Å². The topological polar surface area (TPSA) is 122 Å². The fraction of sp³-hybridized carbons (Fsp3) is 0.538. The van der Waals surface area contributed by atoms with Crippen LogP contribution in [0.25, 0.3) is 0 Å². The molecule has 1 heterocycles. The lowest BCUT2D eigenvalue weighted by atomic mass is 9.99. The second kappa shape index (κ2) is 6.04. The molecule has 0 bridgehead atoms. The molecule has 21 heavy (non-hydrogen) atoms. The first-order valence-corrected chi connectivity index (χ1v) is 6.26. The van der Waals surface area contributed by atoms with Crippen LogP contribution in [0, 0.1) is 0 Å². The number of carbonyl (C=O) groups is 2. The number of rotatable bonds is 4. The highest BCUT2D eigenvalue weighted by Gasteiger charge is 2.30. The van der Waals surface area contributed by atoms with Gasteiger partial charge in [0.15, 0.2) is 5.60 Å². The Balaban J connectivity index is 2.67. The Morgan fingerprint density at radius 2 is 1.76 bits per heavy atom. The van der Waals surface area contributed by atoms with Crippen LogP contribution in [0.1, 0.15) is 33.3 Å². The quantitative estimate of drug-likeness (QED) is 0.763. The van der Waals surface area contributed by atoms with Crippen LogP contribution in [0.4, 0.5) is 10.7 Å². The molecule has 0 aliphatic carbocycles. The van der Waals surface area contributed by atoms with Crippen LogP contribution in [0.5, 0.6) is 0 Å². The minimum Gasteiger partial charge on any atom is -0.479 e. The molecule has 0 aliphatic rings. The highest BCUT2D eigenvalue weighted by Crippen LogP contribution is 2.13. The van der Waals surface area contributed by atoms with Gasteiger partial charge >= 0.3 is 12.1 Å². The Labute approximate surface area is 122 Å². The molecule has 1 amide bonds. The SMILES string of the molecule is CC(C)(C)OC(=O)Nc1ncc(CC(C)(O)C(=O)O)cn1. The molecule has 0 saturated carbocycles. The number of aliphatic hydroxyl groups is 1. The molecule has 0 aromatic carbocycles. The van der Waals surface area contributed by atoms with E-state index in [4.69, 9.17) is 9.84 Å². The summed E-state index contributed by atoms with van der Waals surface area (Å²) in [5, 5.41) is 20.8. The summed E-state index contributed by atoms with van der Waals surface area (Å²) in [6, 6.07) is 0. The molecular formula is C13H19N3O5. The van der Waals surface area contributed by atoms with E-state index in [1.165, 1.54) is 19.3 Å². The number of aromatic nitrogens is 2. The van der Waals surface area contributed by atoms with E-state index in [0.29, 0.717) is 5.56 Å². The van der Waals surface area contributed by atoms with Gasteiger partial charge in [-0.2, -0.15) is 0 Å². The third-order valence-electron chi connectivity index (χ3n) is 2.33. The summed E-state index contributed by atoms with van der Waals surface area (Å²) in [5.74, 6) is -1.30. The Hall–Kier alpha value is -2.22. The zero-order chi connectivity index (χ0) is 16.3. The molecule has 8 heteroatoms. The third kappa shape index (κ3) is 5.74. The van der Waals surface area contributed by atoms with E-state index in [0.717, 1.165) is 0 Å². The fourth-order valence-electron chi connectivity index (χ4n) is 1.38. The van der Waals surface area contributed by atoms with Crippen molar-refractivity contribution < 1.29 is 24.5 Å². The second-order valence-electron chi connectivity index (χ2n) is 5.80. The lowest BCUT2D eigenvalue weighted by Gasteiger charge is -2.19. The molecule has 1 rings (SSSR count). The molecule has 116 valence electrons. The van der Waals surface area contributed by atoms with Gasteiger partial charge in [-0.3, -0.25) is 5.32 Å². The maximum atomic E-state index is 11.5. The summed E-state index contributed by atoms with van der Waals surface area (Å²) >= 11 is 0. The number of anilines is 1. The predicted molar refractivity (Wildman–Crippen MR) is 73.9 cm³/mol. The average Bonchev–Trinajstić information content (AvgIpc) is 2.28. The number of carboxylic acids is 1. The summed E-state index contributed by atoms with van der Waals surface area (Å²) in [7, 11) is 0. The Morgan fingerprint density at radius 1 is 1.24 bits per heavy atom. The second-order valence-corrected chi connectivity index (χ2v) is 5.80. The molecule has 0 saturated heterocycles. The Kier molecular flexibility index (Phi) is 4.84. The van der Waals surface area contributed by atoms with Crippen LogP contribution in [0.3, 0.4) is 0 Å². The van der Waals surface area contributed by atoms with E-state index < -0.39 is 23.3 Å². The average molecular weight is 297 g/mol. The first-order chi connectivity index (χ1) is 9.49. The number of amides is 1. The van der Waals surface area contributed by atoms with Crippen molar-refractivity contribution in [2.75, 3.05) is 5.32 Å². The van der Waals surface area contributed by atoms with Crippen molar-refractivity contribution in [2.24, 2.45) is 0 Å². The van der Waals surface area contributed by atoms with Crippen LogP contribution in [-0.4, -0.2) is 43.4 Å². The van der Waals surface area contributed by atoms with Gasteiger partial charge in [-0.1, -0.05) is 0 Å². The van der Waals surface area contributed by atoms with Crippen molar-refractivity contribution in [2.45, 2.75) is 45.3 Å². The standard InChI is InChI=1S/C13H19N3O5/c1-12(2,3)21-11(19)16-10-14-6-8(7-15-10)5-13(4,20)9(17)18/h6-7,20H,5H2,1-4H3,(H,17,18)(H,14,15,16,19). The molecule has 1 unspecified atom stereocenters. The molecule has 1 aromatic rings. The number of ether oxygens (including phenoxy) is 1. The van der Waals surface area contributed by atoms with Gasteiger partial charge in [0.2, 0.25) is 5.95 Å². The van der Waals surface area contributed by atoms with Gasteiger partial charge in [-0.25, -0.2) is 19.6 Å². The molecule has 0 spiro atoms. The molecule has 3 N–H and O–H groups in total. The summed E-state index contributed by atoms with van der Waals surface area (Å²) < 4.78 is 5.04. The summed E-state index contributed by atoms with van der Waals surface area (Å²) in [4.78, 5) is 30.0. The smallest absolute Gasteiger partial charge is 0.414 e. The number of aliphatic carboxylic acids is 1. The number of carboxylic acid groups (broad SMARTS) is 1. The van der Waals surface area contributed by atoms with Gasteiger partial charge in [0.1, 0.15) is 5.60 Å². The van der Waals surface area contributed by atoms with Crippen molar-refractivity contribution in [3.8, 4) is 0 Å². The van der Waals surface area contributed by atoms with E-state index in [9.17, 15) is 14.7 Å². The van der Waals surface area contributed by atoms with E-state index in [2.05, 4.69) is 15.3 Å². The molecule has 0 radical (unpaired) electrons. The predicted octanol–water partition coefficient (Wildman–Crippen LogP) is 1.20. The minimum absolute atomic E-state index is 0.0305. The lowest BCUT2D eigenvalue weighted by molar-refractivity contribution is -0.156. The molecule has 1 aromatic heterocycles. The Bertz CT molecular complexity index is 520. The Morgan fingerprint density at radius 3 is 2.19 bits per heavy atom. The summed E-state index contributed by atoms with van der Waals surface area (Å²) in [5.41, 5.74) is -2.11. The first-order valence-electron chi connectivity index (χ1n) is 6.26. The van der Waals surface area contributed by atoms with Gasteiger partial charge in [0.25, 0.3) is 0 Å². The van der Waals surface area contributed by atoms with Crippen LogP contribution >= 0.6 is 0 Å². The maximum absolute atomic E-state index is 11.5. The van der Waals surface area contributed by atoms with Crippen molar-refractivity contribution in [1.82, 2.24) is 9.97 Å². The molecule has 8 nitrogen and oxygen atoms in total. The van der Waals surface area contributed by atoms with Crippen molar-refractivity contribution in [3.05, 3.63) is 18.0 Å². The zero-order valence-corrected chi connectivity index (χ0v) is 12.4. The number of nitrogens with one attached hydrogen (secondary N) is 1. The summed E-state index contributed by atoms with van der Waals surface area (Å²) in [6.45, 7) is 6.36. The first kappa shape index (κ1) is 16.8. The molecule has 0 aliphatic heterocycles. The molecule has 0 fully saturated rings. The zero-order valence-electron chi connectivity index (χ0n) is 12.4. The highest BCUT2D eigenvalue weighted by molar-refractivity contribution is 5.82. The van der Waals surface area contributed by atoms with Crippen molar-refractivity contribution in [3.63, 3.8) is 0 Å². The van der Waals surface area contributed by atoms with Crippen LogP contribution < -0.4 is 5.32 Å². The van der Waals surface area contributed by atoms with Gasteiger partial charge in [0, 0.05) is 18.8 Å². The van der Waals surface area contributed by atoms with Gasteiger partial charge in [0.05, 0.1) is 0 Å². The van der Waals surface area contributed by atoms with Crippen LogP contribution in [-0.2, 0) is 16.0 Å². The largest absolute Gasteiger partial charge is 0.479 e. The number of hydrogen-bond donors (Lipinski definition) is 3. The van der Waals surface area contributed by atoms with Gasteiger partial charge in [-0.15, -0.1) is 0 Å². The maximum Gasteiger partial charge on any atom is 0.414 e. The van der Waals surface area contributed by atoms with E-state index >= 15 is 0 Å². The monoisotopic (exact) mass is 297 g/mol. The van der Waals surface area contributed by atoms with Gasteiger partial charge in [-0.05, 0) is 33.3 Å². The number of nitrogens with zero attached hydrogens (tertiary/aromatic N) is 2. The fourth-order valence-corrected chi connectivity index (χ4v) is 1.38. The van der Waals surface area contributed by atoms with Crippen LogP contribution in [0.15, 0.2) is 12.4 Å². The van der Waals surface area contributed by atoms with Crippen molar-refractivity contribution >= 4 is 18.0 Å². The summed E-state index contributed by atoms with van der Waals surface area (Å²) in [6.07, 6.45) is 1.83. The minimum atomic E-state index is -1.90. The molecule has 1 atom stereocenters.